The predicted molar refractivity (Wildman–Crippen MR) is 77.6 cm³/mol. The Bertz CT molecular complexity index is 610. The minimum atomic E-state index is -0.111. The molecule has 1 heterocycles. The highest BCUT2D eigenvalue weighted by molar-refractivity contribution is 7.11. The van der Waals surface area contributed by atoms with Crippen LogP contribution in [0.2, 0.25) is 0 Å². The molecule has 0 spiro atoms. The molecule has 1 aromatic heterocycles. The Morgan fingerprint density at radius 1 is 1.30 bits per heavy atom. The van der Waals surface area contributed by atoms with Gasteiger partial charge in [0.15, 0.2) is 11.5 Å². The summed E-state index contributed by atoms with van der Waals surface area (Å²) >= 11 is 1.34. The van der Waals surface area contributed by atoms with Gasteiger partial charge in [-0.3, -0.25) is 4.79 Å². The molecule has 0 aliphatic heterocycles. The quantitative estimate of drug-likeness (QED) is 0.919. The van der Waals surface area contributed by atoms with Crippen LogP contribution in [0.1, 0.15) is 20.9 Å². The van der Waals surface area contributed by atoms with Crippen molar-refractivity contribution < 1.29 is 14.3 Å². The first-order valence-electron chi connectivity index (χ1n) is 6.05. The van der Waals surface area contributed by atoms with E-state index in [4.69, 9.17) is 9.47 Å². The lowest BCUT2D eigenvalue weighted by Gasteiger charge is -2.10. The van der Waals surface area contributed by atoms with Crippen LogP contribution in [0.3, 0.4) is 0 Å². The number of aromatic nitrogens is 1. The van der Waals surface area contributed by atoms with Crippen molar-refractivity contribution >= 4 is 17.2 Å². The molecule has 2 aromatic rings. The summed E-state index contributed by atoms with van der Waals surface area (Å²) in [6.45, 7) is 2.25. The van der Waals surface area contributed by atoms with Gasteiger partial charge in [0.25, 0.3) is 5.91 Å². The maximum absolute atomic E-state index is 12.0. The van der Waals surface area contributed by atoms with Crippen LogP contribution in [0.25, 0.3) is 0 Å². The molecule has 1 N–H and O–H groups in total. The zero-order chi connectivity index (χ0) is 14.5. The average Bonchev–Trinajstić information content (AvgIpc) is 2.90. The van der Waals surface area contributed by atoms with Crippen LogP contribution in [0.4, 0.5) is 0 Å². The van der Waals surface area contributed by atoms with Gasteiger partial charge in [-0.2, -0.15) is 0 Å². The Hall–Kier alpha value is -2.08. The lowest BCUT2D eigenvalue weighted by atomic mass is 10.2. The molecule has 1 aromatic carbocycles. The number of carbonyl (C=O) groups is 1. The Balaban J connectivity index is 2.04. The highest BCUT2D eigenvalue weighted by Crippen LogP contribution is 2.27. The molecule has 106 valence electrons. The third-order valence-electron chi connectivity index (χ3n) is 2.85. The molecule has 0 bridgehead atoms. The largest absolute Gasteiger partial charge is 0.493 e. The van der Waals surface area contributed by atoms with E-state index in [2.05, 4.69) is 10.3 Å². The molecule has 20 heavy (non-hydrogen) atoms. The molecule has 0 radical (unpaired) electrons. The Morgan fingerprint density at radius 3 is 2.65 bits per heavy atom. The number of hydrogen-bond donors (Lipinski definition) is 1. The maximum atomic E-state index is 12.0. The molecule has 0 aliphatic carbocycles. The van der Waals surface area contributed by atoms with E-state index in [0.717, 1.165) is 11.3 Å². The number of amides is 1. The van der Waals surface area contributed by atoms with Gasteiger partial charge < -0.3 is 14.8 Å². The molecule has 0 fully saturated rings. The number of benzene rings is 1. The van der Waals surface area contributed by atoms with Crippen molar-refractivity contribution in [2.45, 2.75) is 13.5 Å². The van der Waals surface area contributed by atoms with Crippen molar-refractivity contribution in [3.8, 4) is 11.5 Å². The number of thiazole rings is 1. The summed E-state index contributed by atoms with van der Waals surface area (Å²) in [4.78, 5) is 16.7. The van der Waals surface area contributed by atoms with Gasteiger partial charge in [0, 0.05) is 6.54 Å². The first kappa shape index (κ1) is 14.3. The van der Waals surface area contributed by atoms with E-state index in [0.29, 0.717) is 22.9 Å². The lowest BCUT2D eigenvalue weighted by Crippen LogP contribution is -2.22. The van der Waals surface area contributed by atoms with Crippen LogP contribution in [0.15, 0.2) is 23.7 Å². The van der Waals surface area contributed by atoms with Gasteiger partial charge in [0.2, 0.25) is 0 Å². The van der Waals surface area contributed by atoms with Gasteiger partial charge in [-0.25, -0.2) is 4.98 Å². The highest BCUT2D eigenvalue weighted by Gasteiger charge is 2.11. The Morgan fingerprint density at radius 2 is 2.05 bits per heavy atom. The molecule has 0 atom stereocenters. The van der Waals surface area contributed by atoms with Crippen LogP contribution in [0.5, 0.6) is 11.5 Å². The minimum absolute atomic E-state index is 0.111. The zero-order valence-corrected chi connectivity index (χ0v) is 12.4. The molecule has 5 nitrogen and oxygen atoms in total. The van der Waals surface area contributed by atoms with Crippen molar-refractivity contribution in [1.29, 1.82) is 0 Å². The van der Waals surface area contributed by atoms with Crippen molar-refractivity contribution in [2.24, 2.45) is 0 Å². The summed E-state index contributed by atoms with van der Waals surface area (Å²) in [5.41, 5.74) is 3.36. The second-order valence-electron chi connectivity index (χ2n) is 4.14. The molecule has 1 amide bonds. The topological polar surface area (TPSA) is 60.5 Å². The predicted octanol–water partition coefficient (Wildman–Crippen LogP) is 2.40. The van der Waals surface area contributed by atoms with Crippen LogP contribution in [-0.4, -0.2) is 25.1 Å². The summed E-state index contributed by atoms with van der Waals surface area (Å²) in [7, 11) is 3.17. The van der Waals surface area contributed by atoms with Crippen molar-refractivity contribution in [3.05, 3.63) is 39.8 Å². The molecular formula is C14H16N2O3S. The van der Waals surface area contributed by atoms with Gasteiger partial charge in [-0.1, -0.05) is 6.07 Å². The number of ether oxygens (including phenoxy) is 2. The number of nitrogens with zero attached hydrogens (tertiary/aromatic N) is 1. The van der Waals surface area contributed by atoms with Crippen molar-refractivity contribution in [3.63, 3.8) is 0 Å². The highest BCUT2D eigenvalue weighted by atomic mass is 32.1. The first-order valence-corrected chi connectivity index (χ1v) is 6.93. The molecule has 6 heteroatoms. The third kappa shape index (κ3) is 3.08. The van der Waals surface area contributed by atoms with E-state index in [9.17, 15) is 4.79 Å². The third-order valence-corrected chi connectivity index (χ3v) is 3.78. The van der Waals surface area contributed by atoms with Crippen LogP contribution in [-0.2, 0) is 6.54 Å². The van der Waals surface area contributed by atoms with E-state index in [-0.39, 0.29) is 5.91 Å². The lowest BCUT2D eigenvalue weighted by molar-refractivity contribution is 0.0954. The number of hydrogen-bond acceptors (Lipinski definition) is 5. The normalized spacial score (nSPS) is 10.2. The van der Waals surface area contributed by atoms with Crippen LogP contribution >= 0.6 is 11.3 Å². The number of nitrogens with one attached hydrogen (secondary N) is 1. The van der Waals surface area contributed by atoms with E-state index in [1.54, 1.807) is 19.7 Å². The zero-order valence-electron chi connectivity index (χ0n) is 11.6. The van der Waals surface area contributed by atoms with E-state index >= 15 is 0 Å². The summed E-state index contributed by atoms with van der Waals surface area (Å²) in [5, 5.41) is 2.87. The molecule has 2 rings (SSSR count). The van der Waals surface area contributed by atoms with E-state index in [1.807, 2.05) is 25.1 Å². The fourth-order valence-corrected chi connectivity index (χ4v) is 2.49. The Kier molecular flexibility index (Phi) is 4.57. The second-order valence-corrected chi connectivity index (χ2v) is 4.99. The van der Waals surface area contributed by atoms with Gasteiger partial charge in [0.05, 0.1) is 25.4 Å². The number of aryl methyl sites for hydroxylation is 1. The van der Waals surface area contributed by atoms with Gasteiger partial charge in [-0.15, -0.1) is 11.3 Å². The smallest absolute Gasteiger partial charge is 0.263 e. The van der Waals surface area contributed by atoms with Gasteiger partial charge in [0.1, 0.15) is 4.88 Å². The molecular weight excluding hydrogens is 276 g/mol. The summed E-state index contributed by atoms with van der Waals surface area (Å²) in [6.07, 6.45) is 0. The van der Waals surface area contributed by atoms with Crippen LogP contribution < -0.4 is 14.8 Å². The molecule has 0 unspecified atom stereocenters. The Labute approximate surface area is 121 Å². The van der Waals surface area contributed by atoms with E-state index < -0.39 is 0 Å². The number of rotatable bonds is 5. The molecule has 0 saturated carbocycles. The van der Waals surface area contributed by atoms with Crippen LogP contribution in [0, 0.1) is 6.92 Å². The summed E-state index contributed by atoms with van der Waals surface area (Å²) < 4.78 is 10.4. The van der Waals surface area contributed by atoms with Gasteiger partial charge in [-0.05, 0) is 24.6 Å². The summed E-state index contributed by atoms with van der Waals surface area (Å²) in [5.74, 6) is 1.20. The first-order chi connectivity index (χ1) is 9.65. The maximum Gasteiger partial charge on any atom is 0.263 e. The second kappa shape index (κ2) is 6.38. The van der Waals surface area contributed by atoms with E-state index in [1.165, 1.54) is 11.3 Å². The van der Waals surface area contributed by atoms with Crippen molar-refractivity contribution in [1.82, 2.24) is 10.3 Å². The number of carbonyl (C=O) groups excluding carboxylic acids is 1. The van der Waals surface area contributed by atoms with Gasteiger partial charge >= 0.3 is 0 Å². The molecule has 0 saturated heterocycles. The fraction of sp³-hybridized carbons (Fsp3) is 0.286. The summed E-state index contributed by atoms with van der Waals surface area (Å²) in [6, 6.07) is 5.55. The SMILES string of the molecule is COc1ccc(CNC(=O)c2scnc2C)cc1OC. The monoisotopic (exact) mass is 292 g/mol. The fourth-order valence-electron chi connectivity index (χ4n) is 1.77. The number of methoxy groups -OCH3 is 2. The van der Waals surface area contributed by atoms with Crippen molar-refractivity contribution in [2.75, 3.05) is 14.2 Å². The molecule has 0 aliphatic rings. The standard InChI is InChI=1S/C14H16N2O3S/c1-9-13(20-8-16-9)14(17)15-7-10-4-5-11(18-2)12(6-10)19-3/h4-6,8H,7H2,1-3H3,(H,15,17). The minimum Gasteiger partial charge on any atom is -0.493 e. The average molecular weight is 292 g/mol.